The van der Waals surface area contributed by atoms with Crippen molar-refractivity contribution in [1.82, 2.24) is 0 Å². The monoisotopic (exact) mass is 201 g/mol. The van der Waals surface area contributed by atoms with Gasteiger partial charge in [0.05, 0.1) is 0 Å². The molecular weight excluding hydrogens is 170 g/mol. The molecule has 0 radical (unpaired) electrons. The van der Waals surface area contributed by atoms with Crippen molar-refractivity contribution in [2.24, 2.45) is 10.9 Å². The normalized spacial score (nSPS) is 7.50. The van der Waals surface area contributed by atoms with Gasteiger partial charge in [-0.1, -0.05) is 54.5 Å². The van der Waals surface area contributed by atoms with Gasteiger partial charge in [0, 0.05) is 7.05 Å². The van der Waals surface area contributed by atoms with E-state index in [4.69, 9.17) is 0 Å². The molecule has 0 aromatic rings. The Morgan fingerprint density at radius 2 is 1.43 bits per heavy atom. The molecule has 0 aliphatic heterocycles. The summed E-state index contributed by atoms with van der Waals surface area (Å²) in [7, 11) is 1.78. The lowest BCUT2D eigenvalue weighted by Crippen LogP contribution is -1.71. The van der Waals surface area contributed by atoms with Crippen molar-refractivity contribution < 1.29 is 0 Å². The van der Waals surface area contributed by atoms with Crippen molar-refractivity contribution in [3.05, 3.63) is 12.7 Å². The Balaban J connectivity index is -0.0000000528. The second-order valence-electron chi connectivity index (χ2n) is 2.33. The number of allylic oxidation sites excluding steroid dienone is 1. The summed E-state index contributed by atoms with van der Waals surface area (Å²) in [6.07, 6.45) is 4.84. The van der Waals surface area contributed by atoms with Crippen LogP contribution in [0.5, 0.6) is 0 Å². The van der Waals surface area contributed by atoms with Crippen LogP contribution in [0.3, 0.4) is 0 Å². The number of rotatable bonds is 2. The first-order valence-electron chi connectivity index (χ1n) is 5.72. The lowest BCUT2D eigenvalue weighted by Gasteiger charge is -1.84. The molecule has 0 spiro atoms. The van der Waals surface area contributed by atoms with E-state index in [9.17, 15) is 0 Å². The molecule has 0 N–H and O–H groups in total. The summed E-state index contributed by atoms with van der Waals surface area (Å²) in [5.74, 6) is 0.648. The average Bonchev–Trinajstić information content (AvgIpc) is 2.26. The topological polar surface area (TPSA) is 12.4 Å². The van der Waals surface area contributed by atoms with E-state index in [1.54, 1.807) is 7.05 Å². The fraction of sp³-hybridized carbons (Fsp3) is 0.769. The summed E-state index contributed by atoms with van der Waals surface area (Å²) in [5.41, 5.74) is 0. The Morgan fingerprint density at radius 3 is 1.43 bits per heavy atom. The van der Waals surface area contributed by atoms with Crippen LogP contribution in [0.25, 0.3) is 0 Å². The van der Waals surface area contributed by atoms with Gasteiger partial charge >= 0.3 is 0 Å². The fourth-order valence-electron chi connectivity index (χ4n) is 0.183. The van der Waals surface area contributed by atoms with Gasteiger partial charge in [0.25, 0.3) is 0 Å². The molecule has 14 heavy (non-hydrogen) atoms. The maximum Gasteiger partial charge on any atom is 0.0273 e. The lowest BCUT2D eigenvalue weighted by atomic mass is 10.2. The number of aliphatic imine (C=N–C) groups is 1. The summed E-state index contributed by atoms with van der Waals surface area (Å²) in [4.78, 5) is 3.73. The Kier molecular flexibility index (Phi) is 65.5. The molecule has 0 atom stereocenters. The van der Waals surface area contributed by atoms with Crippen molar-refractivity contribution >= 4 is 6.21 Å². The van der Waals surface area contributed by atoms with Crippen molar-refractivity contribution in [3.8, 4) is 0 Å². The molecule has 0 aliphatic rings. The third-order valence-corrected chi connectivity index (χ3v) is 0.837. The summed E-state index contributed by atoms with van der Waals surface area (Å²) < 4.78 is 0. The van der Waals surface area contributed by atoms with Gasteiger partial charge in [-0.15, -0.1) is 6.58 Å². The molecule has 0 aliphatic carbocycles. The zero-order valence-electron chi connectivity index (χ0n) is 11.6. The molecule has 1 heteroatoms. The van der Waals surface area contributed by atoms with E-state index in [1.165, 1.54) is 0 Å². The Hall–Kier alpha value is -0.590. The Labute approximate surface area is 92.3 Å². The molecule has 0 heterocycles. The smallest absolute Gasteiger partial charge is 0.0273 e. The van der Waals surface area contributed by atoms with E-state index in [0.717, 1.165) is 6.42 Å². The minimum absolute atomic E-state index is 0.648. The summed E-state index contributed by atoms with van der Waals surface area (Å²) in [6, 6.07) is 0. The van der Waals surface area contributed by atoms with E-state index in [0.29, 0.717) is 5.92 Å². The number of hydrogen-bond donors (Lipinski definition) is 0. The van der Waals surface area contributed by atoms with Gasteiger partial charge in [0.15, 0.2) is 0 Å². The predicted octanol–water partition coefficient (Wildman–Crippen LogP) is 4.98. The van der Waals surface area contributed by atoms with Crippen molar-refractivity contribution in [3.63, 3.8) is 0 Å². The first-order chi connectivity index (χ1) is 6.68. The van der Waals surface area contributed by atoms with Crippen LogP contribution in [0.1, 0.15) is 54.9 Å². The third-order valence-electron chi connectivity index (χ3n) is 0.837. The van der Waals surface area contributed by atoms with Gasteiger partial charge in [0.2, 0.25) is 0 Å². The Bertz CT molecular complexity index is 83.2. The molecule has 0 amide bonds. The van der Waals surface area contributed by atoms with Crippen molar-refractivity contribution in [2.45, 2.75) is 54.9 Å². The van der Waals surface area contributed by atoms with Crippen LogP contribution >= 0.6 is 0 Å². The fourth-order valence-corrected chi connectivity index (χ4v) is 0.183. The van der Waals surface area contributed by atoms with Crippen LogP contribution in [-0.4, -0.2) is 13.3 Å². The zero-order chi connectivity index (χ0) is 12.4. The SMILES string of the molecule is C=CC(C)C.CC.CC.CCC=NC. The molecule has 0 saturated heterocycles. The van der Waals surface area contributed by atoms with Crippen LogP contribution in [0.4, 0.5) is 0 Å². The van der Waals surface area contributed by atoms with Gasteiger partial charge in [-0.05, 0) is 18.6 Å². The van der Waals surface area contributed by atoms with E-state index in [-0.39, 0.29) is 0 Å². The van der Waals surface area contributed by atoms with Crippen molar-refractivity contribution in [2.75, 3.05) is 7.05 Å². The van der Waals surface area contributed by atoms with Crippen molar-refractivity contribution in [1.29, 1.82) is 0 Å². The van der Waals surface area contributed by atoms with Gasteiger partial charge < -0.3 is 4.99 Å². The maximum atomic E-state index is 3.73. The average molecular weight is 201 g/mol. The van der Waals surface area contributed by atoms with E-state index >= 15 is 0 Å². The summed E-state index contributed by atoms with van der Waals surface area (Å²) >= 11 is 0. The highest BCUT2D eigenvalue weighted by Crippen LogP contribution is 1.87. The molecule has 0 rings (SSSR count). The maximum absolute atomic E-state index is 3.73. The third kappa shape index (κ3) is 106. The first-order valence-corrected chi connectivity index (χ1v) is 5.72. The van der Waals surface area contributed by atoms with Gasteiger partial charge in [-0.25, -0.2) is 0 Å². The van der Waals surface area contributed by atoms with E-state index in [1.807, 2.05) is 40.0 Å². The molecule has 0 bridgehead atoms. The molecule has 0 aromatic carbocycles. The largest absolute Gasteiger partial charge is 0.301 e. The minimum atomic E-state index is 0.648. The standard InChI is InChI=1S/C5H10.C4H9N.2C2H6/c1-4-5(2)3;1-3-4-5-2;2*1-2/h4-5H,1H2,2-3H3;4H,3H2,1-2H3;2*1-2H3. The highest BCUT2D eigenvalue weighted by atomic mass is 14.6. The van der Waals surface area contributed by atoms with Crippen LogP contribution in [0, 0.1) is 5.92 Å². The van der Waals surface area contributed by atoms with Crippen LogP contribution in [0.2, 0.25) is 0 Å². The van der Waals surface area contributed by atoms with Crippen LogP contribution < -0.4 is 0 Å². The predicted molar refractivity (Wildman–Crippen MR) is 72.4 cm³/mol. The molecule has 0 fully saturated rings. The molecule has 88 valence electrons. The quantitative estimate of drug-likeness (QED) is 0.441. The first kappa shape index (κ1) is 23.3. The highest BCUT2D eigenvalue weighted by Gasteiger charge is 1.73. The zero-order valence-corrected chi connectivity index (χ0v) is 11.6. The lowest BCUT2D eigenvalue weighted by molar-refractivity contribution is 0.835. The van der Waals surface area contributed by atoms with Gasteiger partial charge in [0.1, 0.15) is 0 Å². The highest BCUT2D eigenvalue weighted by molar-refractivity contribution is 5.56. The van der Waals surface area contributed by atoms with Crippen LogP contribution in [-0.2, 0) is 0 Å². The summed E-state index contributed by atoms with van der Waals surface area (Å²) in [6.45, 7) is 17.8. The van der Waals surface area contributed by atoms with Gasteiger partial charge in [-0.2, -0.15) is 0 Å². The summed E-state index contributed by atoms with van der Waals surface area (Å²) in [5, 5.41) is 0. The molecule has 0 unspecified atom stereocenters. The Morgan fingerprint density at radius 1 is 1.14 bits per heavy atom. The number of hydrogen-bond acceptors (Lipinski definition) is 1. The molecule has 0 aromatic heterocycles. The second kappa shape index (κ2) is 39.3. The number of nitrogens with zero attached hydrogens (tertiary/aromatic N) is 1. The molecular formula is C13H31N. The molecule has 1 nitrogen and oxygen atoms in total. The van der Waals surface area contributed by atoms with Gasteiger partial charge in [-0.3, -0.25) is 0 Å². The molecule has 0 saturated carbocycles. The van der Waals surface area contributed by atoms with E-state index in [2.05, 4.69) is 32.3 Å². The second-order valence-corrected chi connectivity index (χ2v) is 2.33. The van der Waals surface area contributed by atoms with Crippen LogP contribution in [0.15, 0.2) is 17.6 Å². The van der Waals surface area contributed by atoms with E-state index < -0.39 is 0 Å². The minimum Gasteiger partial charge on any atom is -0.301 e.